The molecular weight excluding hydrogens is 272 g/mol. The minimum Gasteiger partial charge on any atom is -0.375 e. The number of hydrogen-bond acceptors (Lipinski definition) is 5. The zero-order valence-electron chi connectivity index (χ0n) is 10.3. The first kappa shape index (κ1) is 14.0. The van der Waals surface area contributed by atoms with E-state index in [2.05, 4.69) is 0 Å². The first-order valence-corrected chi connectivity index (χ1v) is 8.24. The van der Waals surface area contributed by atoms with Crippen LogP contribution in [0.3, 0.4) is 0 Å². The first-order valence-electron chi connectivity index (χ1n) is 5.98. The van der Waals surface area contributed by atoms with Crippen LogP contribution in [0.1, 0.15) is 18.2 Å². The predicted molar refractivity (Wildman–Crippen MR) is 71.0 cm³/mol. The van der Waals surface area contributed by atoms with Crippen LogP contribution in [0.4, 0.5) is 0 Å². The summed E-state index contributed by atoms with van der Waals surface area (Å²) in [6, 6.07) is 3.41. The van der Waals surface area contributed by atoms with Crippen molar-refractivity contribution in [2.24, 2.45) is 5.73 Å². The monoisotopic (exact) mass is 290 g/mol. The molecule has 0 aromatic carbocycles. The average Bonchev–Trinajstić information content (AvgIpc) is 2.88. The summed E-state index contributed by atoms with van der Waals surface area (Å²) in [5.74, 6) is 0. The predicted octanol–water partition coefficient (Wildman–Crippen LogP) is 1.01. The van der Waals surface area contributed by atoms with Crippen LogP contribution in [0.2, 0.25) is 0 Å². The lowest BCUT2D eigenvalue weighted by molar-refractivity contribution is -0.00272. The second-order valence-corrected chi connectivity index (χ2v) is 7.52. The fourth-order valence-corrected chi connectivity index (χ4v) is 4.74. The Labute approximate surface area is 112 Å². The molecule has 2 rings (SSSR count). The van der Waals surface area contributed by atoms with Crippen molar-refractivity contribution in [3.05, 3.63) is 17.0 Å². The van der Waals surface area contributed by atoms with E-state index >= 15 is 0 Å². The molecule has 1 aliphatic heterocycles. The van der Waals surface area contributed by atoms with Gasteiger partial charge in [-0.15, -0.1) is 11.3 Å². The smallest absolute Gasteiger partial charge is 0.252 e. The Hall–Kier alpha value is -0.470. The summed E-state index contributed by atoms with van der Waals surface area (Å²) < 4.78 is 32.2. The molecule has 1 fully saturated rings. The number of rotatable bonds is 4. The topological polar surface area (TPSA) is 72.6 Å². The molecule has 0 spiro atoms. The number of sulfonamides is 1. The highest BCUT2D eigenvalue weighted by atomic mass is 32.2. The van der Waals surface area contributed by atoms with Gasteiger partial charge in [-0.1, -0.05) is 6.92 Å². The number of morpholine rings is 1. The van der Waals surface area contributed by atoms with E-state index in [0.717, 1.165) is 11.3 Å². The Kier molecular flexibility index (Phi) is 4.39. The van der Waals surface area contributed by atoms with Crippen LogP contribution in [0.15, 0.2) is 16.3 Å². The molecule has 1 aromatic heterocycles. The summed E-state index contributed by atoms with van der Waals surface area (Å²) >= 11 is 1.25. The van der Waals surface area contributed by atoms with E-state index in [-0.39, 0.29) is 6.10 Å². The normalized spacial score (nSPS) is 22.2. The molecule has 7 heteroatoms. The Morgan fingerprint density at radius 1 is 1.56 bits per heavy atom. The molecule has 0 saturated carbocycles. The van der Waals surface area contributed by atoms with Gasteiger partial charge in [0, 0.05) is 24.5 Å². The van der Waals surface area contributed by atoms with Crippen LogP contribution in [0.5, 0.6) is 0 Å². The van der Waals surface area contributed by atoms with Gasteiger partial charge in [-0.3, -0.25) is 0 Å². The van der Waals surface area contributed by atoms with Crippen LogP contribution in [0, 0.1) is 0 Å². The van der Waals surface area contributed by atoms with Crippen molar-refractivity contribution in [3.8, 4) is 0 Å². The van der Waals surface area contributed by atoms with Gasteiger partial charge in [-0.25, -0.2) is 8.42 Å². The van der Waals surface area contributed by atoms with Gasteiger partial charge in [-0.2, -0.15) is 4.31 Å². The van der Waals surface area contributed by atoms with Gasteiger partial charge in [0.15, 0.2) is 0 Å². The highest BCUT2D eigenvalue weighted by Gasteiger charge is 2.31. The molecule has 1 atom stereocenters. The highest BCUT2D eigenvalue weighted by Crippen LogP contribution is 2.26. The minimum atomic E-state index is -3.38. The molecule has 0 bridgehead atoms. The molecule has 1 aliphatic rings. The summed E-state index contributed by atoms with van der Waals surface area (Å²) in [7, 11) is -3.38. The van der Waals surface area contributed by atoms with Crippen LogP contribution < -0.4 is 5.73 Å². The van der Waals surface area contributed by atoms with E-state index in [1.54, 1.807) is 12.1 Å². The van der Waals surface area contributed by atoms with Crippen molar-refractivity contribution in [2.75, 3.05) is 19.7 Å². The zero-order valence-corrected chi connectivity index (χ0v) is 12.0. The number of nitrogens with zero attached hydrogens (tertiary/aromatic N) is 1. The van der Waals surface area contributed by atoms with Crippen LogP contribution >= 0.6 is 11.3 Å². The molecule has 1 unspecified atom stereocenters. The van der Waals surface area contributed by atoms with E-state index in [0.29, 0.717) is 30.5 Å². The van der Waals surface area contributed by atoms with Crippen LogP contribution in [-0.4, -0.2) is 38.5 Å². The third kappa shape index (κ3) is 2.75. The van der Waals surface area contributed by atoms with Crippen molar-refractivity contribution < 1.29 is 13.2 Å². The van der Waals surface area contributed by atoms with Crippen molar-refractivity contribution >= 4 is 21.4 Å². The zero-order chi connectivity index (χ0) is 13.2. The summed E-state index contributed by atoms with van der Waals surface area (Å²) in [6.45, 7) is 3.70. The second kappa shape index (κ2) is 5.66. The largest absolute Gasteiger partial charge is 0.375 e. The number of ether oxygens (including phenoxy) is 1. The Balaban J connectivity index is 2.19. The molecule has 1 aromatic rings. The lowest BCUT2D eigenvalue weighted by Gasteiger charge is -2.31. The molecule has 0 radical (unpaired) electrons. The van der Waals surface area contributed by atoms with Crippen molar-refractivity contribution in [1.29, 1.82) is 0 Å². The highest BCUT2D eigenvalue weighted by molar-refractivity contribution is 7.91. The quantitative estimate of drug-likeness (QED) is 0.898. The lowest BCUT2D eigenvalue weighted by atomic mass is 10.2. The Morgan fingerprint density at radius 2 is 2.33 bits per heavy atom. The van der Waals surface area contributed by atoms with Crippen LogP contribution in [0.25, 0.3) is 0 Å². The van der Waals surface area contributed by atoms with E-state index in [1.165, 1.54) is 15.6 Å². The van der Waals surface area contributed by atoms with E-state index < -0.39 is 10.0 Å². The Bertz CT molecular complexity index is 498. The van der Waals surface area contributed by atoms with E-state index in [9.17, 15) is 8.42 Å². The molecule has 102 valence electrons. The van der Waals surface area contributed by atoms with Gasteiger partial charge in [0.1, 0.15) is 4.21 Å². The summed E-state index contributed by atoms with van der Waals surface area (Å²) in [5.41, 5.74) is 5.51. The van der Waals surface area contributed by atoms with Gasteiger partial charge in [0.25, 0.3) is 10.0 Å². The van der Waals surface area contributed by atoms with Gasteiger partial charge in [0.05, 0.1) is 12.7 Å². The second-order valence-electron chi connectivity index (χ2n) is 4.19. The third-order valence-electron chi connectivity index (χ3n) is 2.99. The van der Waals surface area contributed by atoms with Gasteiger partial charge in [-0.05, 0) is 18.6 Å². The summed E-state index contributed by atoms with van der Waals surface area (Å²) in [6.07, 6.45) is 0.826. The molecule has 18 heavy (non-hydrogen) atoms. The number of nitrogens with two attached hydrogens (primary N) is 1. The molecule has 0 amide bonds. The summed E-state index contributed by atoms with van der Waals surface area (Å²) in [5, 5.41) is 0. The number of thiophene rings is 1. The van der Waals surface area contributed by atoms with Crippen molar-refractivity contribution in [3.63, 3.8) is 0 Å². The standard InChI is InChI=1S/C11H18N2O3S2/c1-2-9-8-13(5-6-16-9)18(14,15)11-4-3-10(7-12)17-11/h3-4,9H,2,5-8,12H2,1H3. The molecule has 0 aliphatic carbocycles. The number of hydrogen-bond donors (Lipinski definition) is 1. The molecule has 2 N–H and O–H groups in total. The third-order valence-corrected chi connectivity index (χ3v) is 6.43. The molecule has 2 heterocycles. The van der Waals surface area contributed by atoms with E-state index in [4.69, 9.17) is 10.5 Å². The lowest BCUT2D eigenvalue weighted by Crippen LogP contribution is -2.45. The molecule has 5 nitrogen and oxygen atoms in total. The van der Waals surface area contributed by atoms with Crippen molar-refractivity contribution in [1.82, 2.24) is 4.31 Å². The maximum absolute atomic E-state index is 12.4. The first-order chi connectivity index (χ1) is 8.57. The molecular formula is C11H18N2O3S2. The fraction of sp³-hybridized carbons (Fsp3) is 0.636. The van der Waals surface area contributed by atoms with Gasteiger partial charge in [0.2, 0.25) is 0 Å². The average molecular weight is 290 g/mol. The summed E-state index contributed by atoms with van der Waals surface area (Å²) in [4.78, 5) is 0.883. The van der Waals surface area contributed by atoms with Crippen LogP contribution in [-0.2, 0) is 21.3 Å². The minimum absolute atomic E-state index is 0.00228. The fourth-order valence-electron chi connectivity index (χ4n) is 1.89. The SMILES string of the molecule is CCC1CN(S(=O)(=O)c2ccc(CN)s2)CCO1. The Morgan fingerprint density at radius 3 is 2.94 bits per heavy atom. The maximum Gasteiger partial charge on any atom is 0.252 e. The van der Waals surface area contributed by atoms with Gasteiger partial charge < -0.3 is 10.5 Å². The maximum atomic E-state index is 12.4. The van der Waals surface area contributed by atoms with Gasteiger partial charge >= 0.3 is 0 Å². The van der Waals surface area contributed by atoms with E-state index in [1.807, 2.05) is 6.92 Å². The van der Waals surface area contributed by atoms with Crippen molar-refractivity contribution in [2.45, 2.75) is 30.2 Å². The molecule has 1 saturated heterocycles.